The van der Waals surface area contributed by atoms with Gasteiger partial charge in [0.25, 0.3) is 0 Å². The Hall–Kier alpha value is -1.92. The highest BCUT2D eigenvalue weighted by Gasteiger charge is 2.24. The van der Waals surface area contributed by atoms with Gasteiger partial charge < -0.3 is 14.2 Å². The summed E-state index contributed by atoms with van der Waals surface area (Å²) in [5, 5.41) is 5.02. The maximum Gasteiger partial charge on any atom is 0.228 e. The number of para-hydroxylation sites is 1. The highest BCUT2D eigenvalue weighted by Crippen LogP contribution is 2.19. The number of benzene rings is 1. The van der Waals surface area contributed by atoms with Gasteiger partial charge >= 0.3 is 0 Å². The lowest BCUT2D eigenvalue weighted by molar-refractivity contribution is -0.130. The van der Waals surface area contributed by atoms with E-state index in [-0.39, 0.29) is 5.91 Å². The Balaban J connectivity index is 1.34. The predicted molar refractivity (Wildman–Crippen MR) is 94.3 cm³/mol. The minimum absolute atomic E-state index is 0.137. The van der Waals surface area contributed by atoms with Crippen molar-refractivity contribution in [3.63, 3.8) is 0 Å². The second-order valence-corrected chi connectivity index (χ2v) is 6.97. The Labute approximate surface area is 147 Å². The molecule has 6 nitrogen and oxygen atoms in total. The molecule has 1 amide bonds. The van der Waals surface area contributed by atoms with E-state index in [0.29, 0.717) is 12.5 Å². The summed E-state index contributed by atoms with van der Waals surface area (Å²) in [6.45, 7) is 5.45. The number of ether oxygens (including phenoxy) is 1. The maximum atomic E-state index is 12.7. The van der Waals surface area contributed by atoms with Crippen LogP contribution in [0.3, 0.4) is 0 Å². The van der Waals surface area contributed by atoms with Crippen LogP contribution in [0.4, 0.5) is 0 Å². The Bertz CT molecular complexity index is 724. The molecule has 0 spiro atoms. The van der Waals surface area contributed by atoms with Gasteiger partial charge in [0.1, 0.15) is 5.69 Å². The van der Waals surface area contributed by atoms with Gasteiger partial charge in [-0.2, -0.15) is 0 Å². The second kappa shape index (κ2) is 7.54. The summed E-state index contributed by atoms with van der Waals surface area (Å²) in [6, 6.07) is 7.70. The van der Waals surface area contributed by atoms with Crippen LogP contribution < -0.4 is 0 Å². The van der Waals surface area contributed by atoms with Gasteiger partial charge in [-0.3, -0.25) is 9.69 Å². The van der Waals surface area contributed by atoms with Crippen molar-refractivity contribution >= 4 is 16.9 Å². The van der Waals surface area contributed by atoms with Crippen LogP contribution in [0.15, 0.2) is 28.8 Å². The minimum Gasteiger partial charge on any atom is -0.377 e. The van der Waals surface area contributed by atoms with Crippen molar-refractivity contribution in [1.82, 2.24) is 15.0 Å². The molecule has 4 rings (SSSR count). The fraction of sp³-hybridized carbons (Fsp3) is 0.579. The summed E-state index contributed by atoms with van der Waals surface area (Å²) in [5.74, 6) is 0.137. The summed E-state index contributed by atoms with van der Waals surface area (Å²) in [7, 11) is 0. The molecule has 1 aromatic heterocycles. The molecular weight excluding hydrogens is 318 g/mol. The van der Waals surface area contributed by atoms with Crippen LogP contribution in [-0.4, -0.2) is 66.3 Å². The van der Waals surface area contributed by atoms with E-state index in [0.717, 1.165) is 62.4 Å². The zero-order chi connectivity index (χ0) is 17.1. The summed E-state index contributed by atoms with van der Waals surface area (Å²) in [6.07, 6.45) is 4.04. The van der Waals surface area contributed by atoms with Gasteiger partial charge in [-0.25, -0.2) is 0 Å². The van der Waals surface area contributed by atoms with E-state index >= 15 is 0 Å². The van der Waals surface area contributed by atoms with Crippen molar-refractivity contribution in [2.24, 2.45) is 0 Å². The average molecular weight is 343 g/mol. The molecule has 0 saturated carbocycles. The smallest absolute Gasteiger partial charge is 0.228 e. The Morgan fingerprint density at radius 3 is 2.96 bits per heavy atom. The Morgan fingerprint density at radius 1 is 1.16 bits per heavy atom. The van der Waals surface area contributed by atoms with Crippen LogP contribution in [0, 0.1) is 0 Å². The number of aromatic nitrogens is 1. The first kappa shape index (κ1) is 16.5. The van der Waals surface area contributed by atoms with Gasteiger partial charge in [-0.15, -0.1) is 0 Å². The van der Waals surface area contributed by atoms with Gasteiger partial charge in [0, 0.05) is 38.2 Å². The number of carbonyl (C=O) groups is 1. The molecule has 1 atom stereocenters. The second-order valence-electron chi connectivity index (χ2n) is 6.97. The first-order valence-corrected chi connectivity index (χ1v) is 9.24. The molecule has 1 aromatic carbocycles. The number of rotatable bonds is 4. The summed E-state index contributed by atoms with van der Waals surface area (Å²) in [4.78, 5) is 17.1. The summed E-state index contributed by atoms with van der Waals surface area (Å²) < 4.78 is 11.1. The van der Waals surface area contributed by atoms with Gasteiger partial charge in [0.15, 0.2) is 5.58 Å². The molecule has 2 aliphatic heterocycles. The van der Waals surface area contributed by atoms with Gasteiger partial charge in [0.2, 0.25) is 5.91 Å². The van der Waals surface area contributed by atoms with E-state index in [4.69, 9.17) is 9.26 Å². The van der Waals surface area contributed by atoms with Crippen LogP contribution in [0.2, 0.25) is 0 Å². The summed E-state index contributed by atoms with van der Waals surface area (Å²) in [5.41, 5.74) is 1.48. The maximum absolute atomic E-state index is 12.7. The van der Waals surface area contributed by atoms with Crippen LogP contribution in [0.25, 0.3) is 11.0 Å². The molecule has 0 radical (unpaired) electrons. The number of nitrogens with zero attached hydrogens (tertiary/aromatic N) is 3. The molecule has 2 fully saturated rings. The Kier molecular flexibility index (Phi) is 4.99. The third-order valence-corrected chi connectivity index (χ3v) is 5.20. The molecule has 2 aromatic rings. The van der Waals surface area contributed by atoms with E-state index in [1.54, 1.807) is 0 Å². The van der Waals surface area contributed by atoms with Crippen molar-refractivity contribution in [2.75, 3.05) is 39.3 Å². The van der Waals surface area contributed by atoms with Crippen molar-refractivity contribution < 1.29 is 14.1 Å². The van der Waals surface area contributed by atoms with Crippen molar-refractivity contribution in [3.05, 3.63) is 30.0 Å². The Morgan fingerprint density at radius 2 is 2.08 bits per heavy atom. The van der Waals surface area contributed by atoms with Crippen LogP contribution >= 0.6 is 0 Å². The number of hydrogen-bond acceptors (Lipinski definition) is 5. The molecule has 2 aliphatic rings. The van der Waals surface area contributed by atoms with E-state index < -0.39 is 0 Å². The zero-order valence-electron chi connectivity index (χ0n) is 14.5. The molecule has 0 N–H and O–H groups in total. The van der Waals surface area contributed by atoms with Crippen LogP contribution in [0.1, 0.15) is 25.0 Å². The third-order valence-electron chi connectivity index (χ3n) is 5.20. The lowest BCUT2D eigenvalue weighted by Crippen LogP contribution is -2.38. The van der Waals surface area contributed by atoms with Gasteiger partial charge in [-0.05, 0) is 37.9 Å². The van der Waals surface area contributed by atoms with Gasteiger partial charge in [0.05, 0.1) is 12.5 Å². The monoisotopic (exact) mass is 343 g/mol. The van der Waals surface area contributed by atoms with Crippen LogP contribution in [0.5, 0.6) is 0 Å². The van der Waals surface area contributed by atoms with E-state index in [9.17, 15) is 4.79 Å². The number of carbonyl (C=O) groups excluding carboxylic acids is 1. The molecule has 2 saturated heterocycles. The number of hydrogen-bond donors (Lipinski definition) is 0. The van der Waals surface area contributed by atoms with Crippen molar-refractivity contribution in [3.8, 4) is 0 Å². The molecule has 0 unspecified atom stereocenters. The largest absolute Gasteiger partial charge is 0.377 e. The topological polar surface area (TPSA) is 58.8 Å². The summed E-state index contributed by atoms with van der Waals surface area (Å²) >= 11 is 0. The van der Waals surface area contributed by atoms with Crippen LogP contribution in [-0.2, 0) is 16.0 Å². The number of amides is 1. The zero-order valence-corrected chi connectivity index (χ0v) is 14.5. The molecule has 0 aliphatic carbocycles. The van der Waals surface area contributed by atoms with E-state index in [1.807, 2.05) is 29.2 Å². The first-order valence-electron chi connectivity index (χ1n) is 9.24. The quantitative estimate of drug-likeness (QED) is 0.851. The van der Waals surface area contributed by atoms with Crippen molar-refractivity contribution in [2.45, 2.75) is 31.8 Å². The standard InChI is InChI=1S/C19H25N3O3/c23-19(13-17-16-6-1-2-7-18(16)25-20-17)22-9-4-8-21(10-11-22)14-15-5-3-12-24-15/h1-2,6-7,15H,3-5,8-14H2/t15-/m1/s1. The first-order chi connectivity index (χ1) is 12.3. The van der Waals surface area contributed by atoms with E-state index in [2.05, 4.69) is 10.1 Å². The van der Waals surface area contributed by atoms with Gasteiger partial charge in [-0.1, -0.05) is 17.3 Å². The normalized spacial score (nSPS) is 22.4. The highest BCUT2D eigenvalue weighted by molar-refractivity contribution is 5.86. The van der Waals surface area contributed by atoms with Crippen molar-refractivity contribution in [1.29, 1.82) is 0 Å². The molecule has 25 heavy (non-hydrogen) atoms. The van der Waals surface area contributed by atoms with E-state index in [1.165, 1.54) is 12.8 Å². The minimum atomic E-state index is 0.137. The fourth-order valence-corrected chi connectivity index (χ4v) is 3.80. The molecule has 0 bridgehead atoms. The predicted octanol–water partition coefficient (Wildman–Crippen LogP) is 2.08. The highest BCUT2D eigenvalue weighted by atomic mass is 16.5. The lowest BCUT2D eigenvalue weighted by Gasteiger charge is -2.24. The molecular formula is C19H25N3O3. The number of fused-ring (bicyclic) bond motifs is 1. The molecule has 134 valence electrons. The third kappa shape index (κ3) is 3.85. The average Bonchev–Trinajstić information content (AvgIpc) is 3.21. The lowest BCUT2D eigenvalue weighted by atomic mass is 10.1. The molecule has 6 heteroatoms. The fourth-order valence-electron chi connectivity index (χ4n) is 3.80. The molecule has 3 heterocycles. The SMILES string of the molecule is O=C(Cc1noc2ccccc12)N1CCCN(C[C@H]2CCCO2)CC1.